The molecule has 0 aliphatic rings. The topological polar surface area (TPSA) is 179 Å². The molecule has 0 saturated carbocycles. The Balaban J connectivity index is 4.72. The summed E-state index contributed by atoms with van der Waals surface area (Å²) in [6, 6.07) is -2.01. The van der Waals surface area contributed by atoms with Crippen LogP contribution in [0.3, 0.4) is 0 Å². The van der Waals surface area contributed by atoms with Gasteiger partial charge in [0.2, 0.25) is 11.8 Å². The summed E-state index contributed by atoms with van der Waals surface area (Å²) in [5.41, 5.74) is 22.3. The minimum Gasteiger partial charge on any atom is -0.345 e. The zero-order valence-corrected chi connectivity index (χ0v) is 16.3. The second-order valence-electron chi connectivity index (χ2n) is 6.77. The molecule has 158 valence electrons. The zero-order chi connectivity index (χ0) is 20.5. The van der Waals surface area contributed by atoms with Gasteiger partial charge in [-0.3, -0.25) is 9.59 Å². The third kappa shape index (κ3) is 12.5. The molecule has 0 fully saturated rings. The van der Waals surface area contributed by atoms with Crippen molar-refractivity contribution in [3.63, 3.8) is 0 Å². The number of unbranched alkanes of at least 4 members (excludes halogenated alkanes) is 3. The number of hydrogen-bond acceptors (Lipinski definition) is 7. The van der Waals surface area contributed by atoms with E-state index in [4.69, 9.17) is 22.9 Å². The molecule has 0 aromatic heterocycles. The van der Waals surface area contributed by atoms with Crippen molar-refractivity contribution in [3.05, 3.63) is 0 Å². The van der Waals surface area contributed by atoms with Gasteiger partial charge >= 0.3 is 0 Å². The molecule has 10 N–H and O–H groups in total. The summed E-state index contributed by atoms with van der Waals surface area (Å²) in [7, 11) is 0. The van der Waals surface area contributed by atoms with Gasteiger partial charge in [0, 0.05) is 0 Å². The van der Waals surface area contributed by atoms with Crippen LogP contribution in [0, 0.1) is 0 Å². The number of amides is 2. The lowest BCUT2D eigenvalue weighted by Gasteiger charge is -2.22. The predicted molar refractivity (Wildman–Crippen MR) is 107 cm³/mol. The summed E-state index contributed by atoms with van der Waals surface area (Å²) >= 11 is 0. The van der Waals surface area contributed by atoms with E-state index in [1.165, 1.54) is 0 Å². The first-order chi connectivity index (χ1) is 13.0. The average Bonchev–Trinajstić information content (AvgIpc) is 2.66. The fourth-order valence-electron chi connectivity index (χ4n) is 2.65. The van der Waals surface area contributed by atoms with Crippen LogP contribution < -0.4 is 33.6 Å². The van der Waals surface area contributed by atoms with Gasteiger partial charge in [0.05, 0.1) is 12.1 Å². The van der Waals surface area contributed by atoms with Crippen LogP contribution in [0.4, 0.5) is 0 Å². The Hall–Kier alpha value is -1.55. The molecule has 0 rings (SSSR count). The van der Waals surface area contributed by atoms with E-state index in [0.717, 1.165) is 32.1 Å². The minimum absolute atomic E-state index is 0.370. The molecular formula is C18H38N6O3. The lowest BCUT2D eigenvalue weighted by atomic mass is 10.0. The monoisotopic (exact) mass is 386 g/mol. The predicted octanol–water partition coefficient (Wildman–Crippen LogP) is -1.13. The molecule has 9 nitrogen and oxygen atoms in total. The summed E-state index contributed by atoms with van der Waals surface area (Å²) in [6.07, 6.45) is 6.71. The standard InChI is InChI=1S/C18H38N6O3/c19-10-4-1-7-14(13-25)23-18(27)16(9-3-6-12-21)24-17(26)15(22)8-2-5-11-20/h13-16H,1-12,19-22H2,(H,23,27)(H,24,26)/t14-,15-,16-/m0/s1. The van der Waals surface area contributed by atoms with Gasteiger partial charge in [0.15, 0.2) is 0 Å². The maximum absolute atomic E-state index is 12.6. The normalized spacial score (nSPS) is 14.2. The Morgan fingerprint density at radius 3 is 1.78 bits per heavy atom. The Labute approximate surface area is 162 Å². The average molecular weight is 387 g/mol. The van der Waals surface area contributed by atoms with Gasteiger partial charge in [0.25, 0.3) is 0 Å². The van der Waals surface area contributed by atoms with Gasteiger partial charge in [-0.05, 0) is 71.0 Å². The second-order valence-corrected chi connectivity index (χ2v) is 6.77. The molecule has 0 heterocycles. The Kier molecular flexibility index (Phi) is 15.7. The summed E-state index contributed by atoms with van der Waals surface area (Å²) < 4.78 is 0. The van der Waals surface area contributed by atoms with E-state index >= 15 is 0 Å². The number of rotatable bonds is 17. The Bertz CT molecular complexity index is 422. The van der Waals surface area contributed by atoms with E-state index < -0.39 is 18.1 Å². The fraction of sp³-hybridized carbons (Fsp3) is 0.833. The van der Waals surface area contributed by atoms with E-state index in [1.54, 1.807) is 0 Å². The van der Waals surface area contributed by atoms with E-state index in [9.17, 15) is 14.4 Å². The van der Waals surface area contributed by atoms with Gasteiger partial charge in [-0.2, -0.15) is 0 Å². The van der Waals surface area contributed by atoms with E-state index in [0.29, 0.717) is 51.6 Å². The summed E-state index contributed by atoms with van der Waals surface area (Å²) in [5, 5.41) is 5.41. The smallest absolute Gasteiger partial charge is 0.243 e. The van der Waals surface area contributed by atoms with Crippen molar-refractivity contribution in [2.45, 2.75) is 75.9 Å². The van der Waals surface area contributed by atoms with Crippen LogP contribution in [0.1, 0.15) is 57.8 Å². The number of carbonyl (C=O) groups is 3. The van der Waals surface area contributed by atoms with Crippen LogP contribution in [-0.2, 0) is 14.4 Å². The molecule has 3 atom stereocenters. The Morgan fingerprint density at radius 1 is 0.741 bits per heavy atom. The van der Waals surface area contributed by atoms with Gasteiger partial charge in [-0.1, -0.05) is 6.42 Å². The number of aldehydes is 1. The molecule has 0 aromatic carbocycles. The van der Waals surface area contributed by atoms with Crippen molar-refractivity contribution in [1.29, 1.82) is 0 Å². The lowest BCUT2D eigenvalue weighted by Crippen LogP contribution is -2.53. The number of nitrogens with two attached hydrogens (primary N) is 4. The quantitative estimate of drug-likeness (QED) is 0.135. The van der Waals surface area contributed by atoms with Crippen molar-refractivity contribution in [2.75, 3.05) is 19.6 Å². The highest BCUT2D eigenvalue weighted by atomic mass is 16.2. The van der Waals surface area contributed by atoms with Crippen LogP contribution >= 0.6 is 0 Å². The fourth-order valence-corrected chi connectivity index (χ4v) is 2.65. The molecule has 9 heteroatoms. The van der Waals surface area contributed by atoms with Crippen molar-refractivity contribution in [3.8, 4) is 0 Å². The zero-order valence-electron chi connectivity index (χ0n) is 16.3. The Morgan fingerprint density at radius 2 is 1.26 bits per heavy atom. The van der Waals surface area contributed by atoms with Gasteiger partial charge in [-0.25, -0.2) is 0 Å². The van der Waals surface area contributed by atoms with Crippen molar-refractivity contribution in [2.24, 2.45) is 22.9 Å². The molecule has 2 amide bonds. The number of carbonyl (C=O) groups excluding carboxylic acids is 3. The maximum atomic E-state index is 12.6. The SMILES string of the molecule is NCCCC[C@@H](C=O)NC(=O)[C@H](CCCCN)NC(=O)[C@@H](N)CCCCN. The molecule has 0 spiro atoms. The number of hydrogen-bond donors (Lipinski definition) is 6. The van der Waals surface area contributed by atoms with Gasteiger partial charge in [-0.15, -0.1) is 0 Å². The first-order valence-electron chi connectivity index (χ1n) is 9.91. The molecule has 0 saturated heterocycles. The largest absolute Gasteiger partial charge is 0.345 e. The minimum atomic E-state index is -0.735. The van der Waals surface area contributed by atoms with Crippen LogP contribution in [0.2, 0.25) is 0 Å². The number of nitrogens with one attached hydrogen (secondary N) is 2. The first-order valence-corrected chi connectivity index (χ1v) is 9.91. The summed E-state index contributed by atoms with van der Waals surface area (Å²) in [4.78, 5) is 36.1. The van der Waals surface area contributed by atoms with Crippen molar-refractivity contribution in [1.82, 2.24) is 10.6 Å². The van der Waals surface area contributed by atoms with Crippen LogP contribution in [0.15, 0.2) is 0 Å². The molecule has 0 unspecified atom stereocenters. The van der Waals surface area contributed by atoms with Crippen molar-refractivity contribution >= 4 is 18.1 Å². The molecule has 0 radical (unpaired) electrons. The summed E-state index contributed by atoms with van der Waals surface area (Å²) in [6.45, 7) is 1.60. The van der Waals surface area contributed by atoms with E-state index in [1.807, 2.05) is 0 Å². The van der Waals surface area contributed by atoms with Crippen LogP contribution in [0.5, 0.6) is 0 Å². The third-order valence-electron chi connectivity index (χ3n) is 4.35. The highest BCUT2D eigenvalue weighted by Gasteiger charge is 2.25. The van der Waals surface area contributed by atoms with Crippen LogP contribution in [0.25, 0.3) is 0 Å². The third-order valence-corrected chi connectivity index (χ3v) is 4.35. The molecule has 0 aliphatic carbocycles. The first kappa shape index (κ1) is 25.4. The second kappa shape index (κ2) is 16.6. The van der Waals surface area contributed by atoms with Crippen molar-refractivity contribution < 1.29 is 14.4 Å². The highest BCUT2D eigenvalue weighted by molar-refractivity contribution is 5.90. The van der Waals surface area contributed by atoms with E-state index in [2.05, 4.69) is 10.6 Å². The maximum Gasteiger partial charge on any atom is 0.243 e. The van der Waals surface area contributed by atoms with Crippen LogP contribution in [-0.4, -0.2) is 55.9 Å². The lowest BCUT2D eigenvalue weighted by molar-refractivity contribution is -0.131. The molecular weight excluding hydrogens is 348 g/mol. The summed E-state index contributed by atoms with van der Waals surface area (Å²) in [5.74, 6) is -0.745. The van der Waals surface area contributed by atoms with Gasteiger partial charge < -0.3 is 38.4 Å². The highest BCUT2D eigenvalue weighted by Crippen LogP contribution is 2.05. The van der Waals surface area contributed by atoms with E-state index in [-0.39, 0.29) is 11.8 Å². The molecule has 0 bridgehead atoms. The molecule has 27 heavy (non-hydrogen) atoms. The molecule has 0 aliphatic heterocycles. The molecule has 0 aromatic rings. The van der Waals surface area contributed by atoms with Gasteiger partial charge in [0.1, 0.15) is 12.3 Å².